The van der Waals surface area contributed by atoms with Crippen molar-refractivity contribution in [3.05, 3.63) is 35.4 Å². The van der Waals surface area contributed by atoms with E-state index in [1.165, 1.54) is 0 Å². The van der Waals surface area contributed by atoms with Gasteiger partial charge in [0, 0.05) is 0 Å². The van der Waals surface area contributed by atoms with E-state index in [2.05, 4.69) is 0 Å². The molecule has 0 saturated carbocycles. The summed E-state index contributed by atoms with van der Waals surface area (Å²) < 4.78 is 0. The molecule has 1 rings (SSSR count). The maximum absolute atomic E-state index is 10.5. The lowest BCUT2D eigenvalue weighted by Crippen LogP contribution is -2.08. The van der Waals surface area contributed by atoms with Crippen molar-refractivity contribution in [2.75, 3.05) is 6.54 Å². The molecule has 0 bridgehead atoms. The number of carboxylic acids is 1. The zero-order valence-corrected chi connectivity index (χ0v) is 7.36. The molecule has 3 N–H and O–H groups in total. The van der Waals surface area contributed by atoms with Crippen LogP contribution in [0.15, 0.2) is 24.3 Å². The largest absolute Gasteiger partial charge is 0.481 e. The maximum atomic E-state index is 10.5. The molecule has 0 aromatic heterocycles. The summed E-state index contributed by atoms with van der Waals surface area (Å²) in [5, 5.41) is 8.63. The molecule has 1 aromatic carbocycles. The van der Waals surface area contributed by atoms with E-state index in [-0.39, 0.29) is 6.42 Å². The molecule has 0 spiro atoms. The standard InChI is InChI=1S/C10H13NO2/c11-6-5-8-3-1-2-4-9(8)7-10(12)13/h1-4H,5-7,11H2,(H,12,13). The summed E-state index contributed by atoms with van der Waals surface area (Å²) >= 11 is 0. The van der Waals surface area contributed by atoms with Crippen molar-refractivity contribution in [1.29, 1.82) is 0 Å². The number of carbonyl (C=O) groups is 1. The summed E-state index contributed by atoms with van der Waals surface area (Å²) in [6.45, 7) is 0.552. The number of rotatable bonds is 4. The normalized spacial score (nSPS) is 9.92. The third kappa shape index (κ3) is 2.87. The number of aliphatic carboxylic acids is 1. The van der Waals surface area contributed by atoms with Crippen LogP contribution >= 0.6 is 0 Å². The van der Waals surface area contributed by atoms with Gasteiger partial charge in [-0.15, -0.1) is 0 Å². The van der Waals surface area contributed by atoms with E-state index in [9.17, 15) is 4.79 Å². The molecule has 0 fully saturated rings. The van der Waals surface area contributed by atoms with Gasteiger partial charge in [0.05, 0.1) is 6.42 Å². The minimum absolute atomic E-state index is 0.0795. The summed E-state index contributed by atoms with van der Waals surface area (Å²) in [5.74, 6) is -0.801. The van der Waals surface area contributed by atoms with Crippen LogP contribution in [0, 0.1) is 0 Å². The van der Waals surface area contributed by atoms with E-state index in [1.807, 2.05) is 24.3 Å². The molecule has 3 heteroatoms. The van der Waals surface area contributed by atoms with Crippen LogP contribution in [0.2, 0.25) is 0 Å². The van der Waals surface area contributed by atoms with Gasteiger partial charge in [0.15, 0.2) is 0 Å². The fourth-order valence-electron chi connectivity index (χ4n) is 1.29. The van der Waals surface area contributed by atoms with Crippen molar-refractivity contribution in [2.45, 2.75) is 12.8 Å². The second-order valence-corrected chi connectivity index (χ2v) is 2.88. The molecular formula is C10H13NO2. The summed E-state index contributed by atoms with van der Waals surface area (Å²) in [4.78, 5) is 10.5. The lowest BCUT2D eigenvalue weighted by atomic mass is 10.0. The Bertz CT molecular complexity index is 297. The van der Waals surface area contributed by atoms with E-state index in [4.69, 9.17) is 10.8 Å². The van der Waals surface area contributed by atoms with E-state index in [0.29, 0.717) is 6.54 Å². The van der Waals surface area contributed by atoms with Crippen molar-refractivity contribution in [1.82, 2.24) is 0 Å². The molecule has 0 aliphatic rings. The summed E-state index contributed by atoms with van der Waals surface area (Å²) in [5.41, 5.74) is 7.31. The first-order valence-corrected chi connectivity index (χ1v) is 4.22. The molecule has 0 aliphatic heterocycles. The maximum Gasteiger partial charge on any atom is 0.307 e. The quantitative estimate of drug-likeness (QED) is 0.719. The van der Waals surface area contributed by atoms with Crippen molar-refractivity contribution in [3.8, 4) is 0 Å². The molecule has 0 heterocycles. The zero-order valence-electron chi connectivity index (χ0n) is 7.36. The van der Waals surface area contributed by atoms with Gasteiger partial charge in [-0.25, -0.2) is 0 Å². The third-order valence-corrected chi connectivity index (χ3v) is 1.87. The Labute approximate surface area is 77.2 Å². The summed E-state index contributed by atoms with van der Waals surface area (Å²) in [7, 11) is 0. The van der Waals surface area contributed by atoms with Gasteiger partial charge < -0.3 is 10.8 Å². The van der Waals surface area contributed by atoms with Gasteiger partial charge in [-0.1, -0.05) is 24.3 Å². The minimum atomic E-state index is -0.801. The molecule has 0 aliphatic carbocycles. The Kier molecular flexibility index (Phi) is 3.46. The molecular weight excluding hydrogens is 166 g/mol. The van der Waals surface area contributed by atoms with Gasteiger partial charge >= 0.3 is 5.97 Å². The predicted molar refractivity (Wildman–Crippen MR) is 50.5 cm³/mol. The number of carboxylic acid groups (broad SMARTS) is 1. The van der Waals surface area contributed by atoms with Crippen LogP contribution in [-0.2, 0) is 17.6 Å². The highest BCUT2D eigenvalue weighted by molar-refractivity contribution is 5.70. The van der Waals surface area contributed by atoms with Crippen molar-refractivity contribution in [3.63, 3.8) is 0 Å². The molecule has 0 amide bonds. The number of benzene rings is 1. The third-order valence-electron chi connectivity index (χ3n) is 1.87. The van der Waals surface area contributed by atoms with Crippen molar-refractivity contribution >= 4 is 5.97 Å². The highest BCUT2D eigenvalue weighted by Gasteiger charge is 2.04. The highest BCUT2D eigenvalue weighted by Crippen LogP contribution is 2.09. The van der Waals surface area contributed by atoms with E-state index in [1.54, 1.807) is 0 Å². The Morgan fingerprint density at radius 3 is 2.46 bits per heavy atom. The van der Waals surface area contributed by atoms with Crippen LogP contribution < -0.4 is 5.73 Å². The van der Waals surface area contributed by atoms with Gasteiger partial charge in [-0.2, -0.15) is 0 Å². The van der Waals surface area contributed by atoms with Crippen molar-refractivity contribution in [2.24, 2.45) is 5.73 Å². The number of nitrogens with two attached hydrogens (primary N) is 1. The molecule has 0 radical (unpaired) electrons. The first-order chi connectivity index (χ1) is 6.24. The van der Waals surface area contributed by atoms with Gasteiger partial charge in [-0.3, -0.25) is 4.79 Å². The van der Waals surface area contributed by atoms with Crippen LogP contribution in [0.5, 0.6) is 0 Å². The van der Waals surface area contributed by atoms with Gasteiger partial charge in [-0.05, 0) is 24.1 Å². The average molecular weight is 179 g/mol. The van der Waals surface area contributed by atoms with Gasteiger partial charge in [0.2, 0.25) is 0 Å². The number of hydrogen-bond donors (Lipinski definition) is 2. The Hall–Kier alpha value is -1.35. The topological polar surface area (TPSA) is 63.3 Å². The first-order valence-electron chi connectivity index (χ1n) is 4.22. The van der Waals surface area contributed by atoms with Crippen molar-refractivity contribution < 1.29 is 9.90 Å². The molecule has 1 aromatic rings. The Morgan fingerprint density at radius 1 is 1.31 bits per heavy atom. The molecule has 3 nitrogen and oxygen atoms in total. The average Bonchev–Trinajstić information content (AvgIpc) is 2.08. The monoisotopic (exact) mass is 179 g/mol. The second kappa shape index (κ2) is 4.62. The van der Waals surface area contributed by atoms with Gasteiger partial charge in [0.1, 0.15) is 0 Å². The van der Waals surface area contributed by atoms with Crippen LogP contribution in [0.3, 0.4) is 0 Å². The first kappa shape index (κ1) is 9.74. The SMILES string of the molecule is NCCc1ccccc1CC(=O)O. The van der Waals surface area contributed by atoms with E-state index >= 15 is 0 Å². The summed E-state index contributed by atoms with van der Waals surface area (Å²) in [6, 6.07) is 7.50. The summed E-state index contributed by atoms with van der Waals surface area (Å²) in [6.07, 6.45) is 0.819. The Morgan fingerprint density at radius 2 is 1.92 bits per heavy atom. The van der Waals surface area contributed by atoms with E-state index in [0.717, 1.165) is 17.5 Å². The van der Waals surface area contributed by atoms with Crippen LogP contribution in [0.25, 0.3) is 0 Å². The van der Waals surface area contributed by atoms with E-state index < -0.39 is 5.97 Å². The van der Waals surface area contributed by atoms with Crippen LogP contribution in [0.1, 0.15) is 11.1 Å². The molecule has 0 atom stereocenters. The molecule has 0 saturated heterocycles. The highest BCUT2D eigenvalue weighted by atomic mass is 16.4. The fraction of sp³-hybridized carbons (Fsp3) is 0.300. The second-order valence-electron chi connectivity index (χ2n) is 2.88. The fourth-order valence-corrected chi connectivity index (χ4v) is 1.29. The number of hydrogen-bond acceptors (Lipinski definition) is 2. The molecule has 0 unspecified atom stereocenters. The minimum Gasteiger partial charge on any atom is -0.481 e. The van der Waals surface area contributed by atoms with Crippen LogP contribution in [0.4, 0.5) is 0 Å². The molecule has 70 valence electrons. The smallest absolute Gasteiger partial charge is 0.307 e. The zero-order chi connectivity index (χ0) is 9.68. The molecule has 13 heavy (non-hydrogen) atoms. The lowest BCUT2D eigenvalue weighted by molar-refractivity contribution is -0.136. The Balaban J connectivity index is 2.84. The lowest BCUT2D eigenvalue weighted by Gasteiger charge is -2.05. The predicted octanol–water partition coefficient (Wildman–Crippen LogP) is 0.815. The van der Waals surface area contributed by atoms with Crippen LogP contribution in [-0.4, -0.2) is 17.6 Å². The van der Waals surface area contributed by atoms with Gasteiger partial charge in [0.25, 0.3) is 0 Å².